The van der Waals surface area contributed by atoms with Crippen LogP contribution in [-0.2, 0) is 17.3 Å². The van der Waals surface area contributed by atoms with Gasteiger partial charge in [-0.15, -0.1) is 0 Å². The Labute approximate surface area is 298 Å². The molecule has 50 heavy (non-hydrogen) atoms. The minimum atomic E-state index is 0.0540. The predicted molar refractivity (Wildman–Crippen MR) is 220 cm³/mol. The quantitative estimate of drug-likeness (QED) is 0.167. The average Bonchev–Trinajstić information content (AvgIpc) is 3.11. The van der Waals surface area contributed by atoms with Crippen LogP contribution in [0.15, 0.2) is 152 Å². The summed E-state index contributed by atoms with van der Waals surface area (Å²) in [4.78, 5) is 0. The lowest BCUT2D eigenvalue weighted by Gasteiger charge is -2.25. The third-order valence-electron chi connectivity index (χ3n) is 10.1. The molecule has 0 heteroatoms. The van der Waals surface area contributed by atoms with Crippen LogP contribution >= 0.6 is 0 Å². The second-order valence-corrected chi connectivity index (χ2v) is 15.9. The molecular formula is C50H48. The molecule has 0 N–H and O–H groups in total. The Balaban J connectivity index is 0.000000501. The standard InChI is InChI=1S/C43H40.C7H8/c1-42(2,3)34-20-22-37-39(26-34)38(24-28-15-16-29-11-7-9-13-31(29)23-28)36-21-19-35(43(4,5)6)27-40(36)41(37)33-18-17-30-12-8-10-14-32(30)25-33;1-7-5-3-2-4-6-7/h7-23,25-27H,24H2,1-6H3;2-6H,1H3. The van der Waals surface area contributed by atoms with E-state index in [1.165, 1.54) is 82.0 Å². The molecule has 0 saturated heterocycles. The van der Waals surface area contributed by atoms with Crippen LogP contribution in [0.2, 0.25) is 0 Å². The fraction of sp³-hybridized carbons (Fsp3) is 0.200. The smallest absolute Gasteiger partial charge is 0.00132 e. The molecule has 0 radical (unpaired) electrons. The molecule has 0 bridgehead atoms. The van der Waals surface area contributed by atoms with Crippen molar-refractivity contribution < 1.29 is 0 Å². The molecular weight excluding hydrogens is 601 g/mol. The van der Waals surface area contributed by atoms with Crippen LogP contribution in [0.3, 0.4) is 0 Å². The minimum absolute atomic E-state index is 0.0540. The Morgan fingerprint density at radius 2 is 0.920 bits per heavy atom. The van der Waals surface area contributed by atoms with E-state index in [0.717, 1.165) is 6.42 Å². The zero-order valence-corrected chi connectivity index (χ0v) is 30.6. The summed E-state index contributed by atoms with van der Waals surface area (Å²) in [6, 6.07) is 56.1. The molecule has 8 aromatic rings. The number of hydrogen-bond acceptors (Lipinski definition) is 0. The van der Waals surface area contributed by atoms with Crippen molar-refractivity contribution >= 4 is 43.1 Å². The Morgan fingerprint density at radius 3 is 1.50 bits per heavy atom. The summed E-state index contributed by atoms with van der Waals surface area (Å²) in [5.74, 6) is 0. The van der Waals surface area contributed by atoms with E-state index in [2.05, 4.69) is 182 Å². The highest BCUT2D eigenvalue weighted by molar-refractivity contribution is 6.16. The van der Waals surface area contributed by atoms with Gasteiger partial charge < -0.3 is 0 Å². The first-order valence-corrected chi connectivity index (χ1v) is 18.0. The third kappa shape index (κ3) is 6.81. The summed E-state index contributed by atoms with van der Waals surface area (Å²) in [7, 11) is 0. The van der Waals surface area contributed by atoms with Gasteiger partial charge in [-0.05, 0) is 113 Å². The van der Waals surface area contributed by atoms with Crippen LogP contribution in [0, 0.1) is 6.92 Å². The number of aryl methyl sites for hydroxylation is 1. The highest BCUT2D eigenvalue weighted by Crippen LogP contribution is 2.43. The lowest BCUT2D eigenvalue weighted by molar-refractivity contribution is 0.590. The van der Waals surface area contributed by atoms with Crippen LogP contribution in [-0.4, -0.2) is 0 Å². The van der Waals surface area contributed by atoms with Gasteiger partial charge in [0.05, 0.1) is 0 Å². The van der Waals surface area contributed by atoms with Crippen molar-refractivity contribution in [3.63, 3.8) is 0 Å². The fourth-order valence-electron chi connectivity index (χ4n) is 7.18. The van der Waals surface area contributed by atoms with Gasteiger partial charge >= 0.3 is 0 Å². The van der Waals surface area contributed by atoms with Gasteiger partial charge in [-0.25, -0.2) is 0 Å². The van der Waals surface area contributed by atoms with E-state index < -0.39 is 0 Å². The highest BCUT2D eigenvalue weighted by atomic mass is 14.3. The summed E-state index contributed by atoms with van der Waals surface area (Å²) in [5.41, 5.74) is 9.55. The third-order valence-corrected chi connectivity index (χ3v) is 10.1. The summed E-state index contributed by atoms with van der Waals surface area (Å²) in [6.07, 6.45) is 0.887. The number of rotatable bonds is 3. The Kier molecular flexibility index (Phi) is 8.83. The minimum Gasteiger partial charge on any atom is -0.0622 e. The molecule has 0 spiro atoms. The Morgan fingerprint density at radius 1 is 0.400 bits per heavy atom. The maximum absolute atomic E-state index is 2.48. The number of fused-ring (bicyclic) bond motifs is 4. The number of hydrogen-bond donors (Lipinski definition) is 0. The van der Waals surface area contributed by atoms with Crippen LogP contribution < -0.4 is 0 Å². The van der Waals surface area contributed by atoms with Crippen molar-refractivity contribution in [2.75, 3.05) is 0 Å². The molecule has 0 aromatic heterocycles. The zero-order valence-electron chi connectivity index (χ0n) is 30.6. The van der Waals surface area contributed by atoms with E-state index >= 15 is 0 Å². The maximum atomic E-state index is 2.48. The van der Waals surface area contributed by atoms with E-state index in [-0.39, 0.29) is 10.8 Å². The molecule has 8 rings (SSSR count). The van der Waals surface area contributed by atoms with Gasteiger partial charge in [-0.2, -0.15) is 0 Å². The second-order valence-electron chi connectivity index (χ2n) is 15.9. The first-order valence-electron chi connectivity index (χ1n) is 18.0. The topological polar surface area (TPSA) is 0 Å². The van der Waals surface area contributed by atoms with Gasteiger partial charge in [-0.3, -0.25) is 0 Å². The predicted octanol–water partition coefficient (Wildman–Crippen LogP) is 14.1. The van der Waals surface area contributed by atoms with E-state index in [4.69, 9.17) is 0 Å². The monoisotopic (exact) mass is 648 g/mol. The first-order chi connectivity index (χ1) is 24.0. The van der Waals surface area contributed by atoms with E-state index in [1.54, 1.807) is 0 Å². The molecule has 0 aliphatic rings. The second kappa shape index (κ2) is 13.3. The Hall–Kier alpha value is -5.20. The summed E-state index contributed by atoms with van der Waals surface area (Å²) < 4.78 is 0. The molecule has 0 fully saturated rings. The zero-order chi connectivity index (χ0) is 35.0. The molecule has 8 aromatic carbocycles. The normalized spacial score (nSPS) is 12.0. The largest absolute Gasteiger partial charge is 0.0622 e. The van der Waals surface area contributed by atoms with Gasteiger partial charge in [0.1, 0.15) is 0 Å². The van der Waals surface area contributed by atoms with Crippen molar-refractivity contribution in [1.82, 2.24) is 0 Å². The summed E-state index contributed by atoms with van der Waals surface area (Å²) in [6.45, 7) is 16.0. The van der Waals surface area contributed by atoms with Gasteiger partial charge in [0.15, 0.2) is 0 Å². The van der Waals surface area contributed by atoms with Crippen LogP contribution in [0.4, 0.5) is 0 Å². The van der Waals surface area contributed by atoms with Crippen molar-refractivity contribution in [2.45, 2.75) is 65.7 Å². The molecule has 0 unspecified atom stereocenters. The van der Waals surface area contributed by atoms with Crippen LogP contribution in [0.5, 0.6) is 0 Å². The average molecular weight is 649 g/mol. The molecule has 248 valence electrons. The fourth-order valence-corrected chi connectivity index (χ4v) is 7.18. The lowest BCUT2D eigenvalue weighted by Crippen LogP contribution is -2.12. The molecule has 0 heterocycles. The van der Waals surface area contributed by atoms with Crippen molar-refractivity contribution in [3.8, 4) is 11.1 Å². The van der Waals surface area contributed by atoms with Crippen LogP contribution in [0.1, 0.15) is 69.4 Å². The van der Waals surface area contributed by atoms with E-state index in [0.29, 0.717) is 0 Å². The van der Waals surface area contributed by atoms with E-state index in [9.17, 15) is 0 Å². The molecule has 0 amide bonds. The van der Waals surface area contributed by atoms with Gasteiger partial charge in [-0.1, -0.05) is 187 Å². The van der Waals surface area contributed by atoms with Crippen molar-refractivity contribution in [3.05, 3.63) is 179 Å². The highest BCUT2D eigenvalue weighted by Gasteiger charge is 2.22. The van der Waals surface area contributed by atoms with Crippen molar-refractivity contribution in [2.24, 2.45) is 0 Å². The van der Waals surface area contributed by atoms with E-state index in [1.807, 2.05) is 18.2 Å². The van der Waals surface area contributed by atoms with Crippen LogP contribution in [0.25, 0.3) is 54.2 Å². The maximum Gasteiger partial charge on any atom is -0.00132 e. The molecule has 0 nitrogen and oxygen atoms in total. The first kappa shape index (κ1) is 33.3. The number of benzene rings is 8. The van der Waals surface area contributed by atoms with Gasteiger partial charge in [0.25, 0.3) is 0 Å². The van der Waals surface area contributed by atoms with Gasteiger partial charge in [0.2, 0.25) is 0 Å². The molecule has 0 aliphatic heterocycles. The SMILES string of the molecule is CC(C)(C)c1ccc2c(-c3ccc4ccccc4c3)c3cc(C(C)(C)C)ccc3c(Cc3ccc4ccccc4c3)c2c1.Cc1ccccc1. The Bertz CT molecular complexity index is 2470. The molecule has 0 saturated carbocycles. The van der Waals surface area contributed by atoms with Crippen molar-refractivity contribution in [1.29, 1.82) is 0 Å². The van der Waals surface area contributed by atoms with Gasteiger partial charge in [0, 0.05) is 0 Å². The lowest BCUT2D eigenvalue weighted by atomic mass is 9.79. The molecule has 0 atom stereocenters. The molecule has 0 aliphatic carbocycles. The summed E-state index contributed by atoms with van der Waals surface area (Å²) >= 11 is 0. The summed E-state index contributed by atoms with van der Waals surface area (Å²) in [5, 5.41) is 10.5.